The number of hydrogen-bond donors (Lipinski definition) is 3. The topological polar surface area (TPSA) is 164 Å². The van der Waals surface area contributed by atoms with Gasteiger partial charge in [0, 0.05) is 6.07 Å². The van der Waals surface area contributed by atoms with Gasteiger partial charge in [-0.05, 0) is 30.2 Å². The van der Waals surface area contributed by atoms with Crippen LogP contribution in [0.1, 0.15) is 12.5 Å². The zero-order chi connectivity index (χ0) is 22.4. The Morgan fingerprint density at radius 1 is 1.00 bits per heavy atom. The Balaban J connectivity index is 1.69. The fourth-order valence-corrected chi connectivity index (χ4v) is 4.72. The van der Waals surface area contributed by atoms with Gasteiger partial charge in [-0.25, -0.2) is 27.7 Å². The summed E-state index contributed by atoms with van der Waals surface area (Å²) in [5.74, 6) is -2.36. The lowest BCUT2D eigenvalue weighted by molar-refractivity contribution is -0.133. The number of anilines is 1. The number of benzene rings is 1. The summed E-state index contributed by atoms with van der Waals surface area (Å²) in [6, 6.07) is 7.38. The summed E-state index contributed by atoms with van der Waals surface area (Å²) in [5.41, 5.74) is 0.927. The Morgan fingerprint density at radius 2 is 1.65 bits per heavy atom. The van der Waals surface area contributed by atoms with Crippen LogP contribution >= 0.6 is 0 Å². The number of pyridine rings is 1. The van der Waals surface area contributed by atoms with Gasteiger partial charge in [0.25, 0.3) is 21.8 Å². The molecule has 2 fully saturated rings. The number of carbonyl (C=O) groups is 4. The van der Waals surface area contributed by atoms with E-state index in [2.05, 4.69) is 4.98 Å². The fraction of sp³-hybridized carbons (Fsp3) is 0.167. The smallest absolute Gasteiger partial charge is 0.337 e. The molecule has 12 nitrogen and oxygen atoms in total. The van der Waals surface area contributed by atoms with Crippen LogP contribution in [0.2, 0.25) is 0 Å². The van der Waals surface area contributed by atoms with E-state index in [9.17, 15) is 27.6 Å². The van der Waals surface area contributed by atoms with Gasteiger partial charge >= 0.3 is 16.9 Å². The highest BCUT2D eigenvalue weighted by atomic mass is 32.2. The number of sulfonamides is 1. The first-order valence-electron chi connectivity index (χ1n) is 8.95. The van der Waals surface area contributed by atoms with Gasteiger partial charge in [0.15, 0.2) is 0 Å². The molecule has 0 radical (unpaired) electrons. The van der Waals surface area contributed by atoms with Gasteiger partial charge in [0.2, 0.25) is 5.88 Å². The van der Waals surface area contributed by atoms with E-state index < -0.39 is 38.8 Å². The number of hydrogen-bond acceptors (Lipinski definition) is 8. The van der Waals surface area contributed by atoms with Gasteiger partial charge in [-0.1, -0.05) is 19.1 Å². The van der Waals surface area contributed by atoms with Crippen LogP contribution in [0.4, 0.5) is 15.3 Å². The summed E-state index contributed by atoms with van der Waals surface area (Å²) in [6.07, 6.45) is 1.93. The lowest BCUT2D eigenvalue weighted by atomic mass is 10.1. The fourth-order valence-electron chi connectivity index (χ4n) is 3.23. The van der Waals surface area contributed by atoms with E-state index in [1.54, 1.807) is 27.5 Å². The van der Waals surface area contributed by atoms with Crippen molar-refractivity contribution < 1.29 is 32.3 Å². The van der Waals surface area contributed by atoms with Crippen LogP contribution in [0.15, 0.2) is 42.6 Å². The van der Waals surface area contributed by atoms with E-state index in [1.807, 2.05) is 19.1 Å². The van der Waals surface area contributed by atoms with Gasteiger partial charge in [-0.15, -0.1) is 0 Å². The Morgan fingerprint density at radius 3 is 2.19 bits per heavy atom. The Hall–Kier alpha value is -4.00. The van der Waals surface area contributed by atoms with E-state index in [0.717, 1.165) is 18.2 Å². The first-order chi connectivity index (χ1) is 14.7. The number of nitrogens with one attached hydrogen (secondary N) is 3. The minimum Gasteiger partial charge on any atom is -0.439 e. The minimum atomic E-state index is -4.85. The molecule has 1 aromatic carbocycles. The van der Waals surface area contributed by atoms with E-state index in [4.69, 9.17) is 4.74 Å². The maximum Gasteiger partial charge on any atom is 0.337 e. The summed E-state index contributed by atoms with van der Waals surface area (Å²) in [4.78, 5) is 50.2. The van der Waals surface area contributed by atoms with Crippen molar-refractivity contribution in [2.75, 3.05) is 4.90 Å². The third-order valence-corrected chi connectivity index (χ3v) is 6.51. The van der Waals surface area contributed by atoms with Crippen LogP contribution in [0.3, 0.4) is 0 Å². The van der Waals surface area contributed by atoms with Crippen molar-refractivity contribution in [1.82, 2.24) is 20.3 Å². The quantitative estimate of drug-likeness (QED) is 0.568. The number of aryl methyl sites for hydroxylation is 1. The maximum atomic E-state index is 12.6. The Labute approximate surface area is 175 Å². The third-order valence-electron chi connectivity index (χ3n) is 4.73. The summed E-state index contributed by atoms with van der Waals surface area (Å²) in [7, 11) is -4.85. The molecule has 3 heterocycles. The van der Waals surface area contributed by atoms with Crippen LogP contribution in [0, 0.1) is 0 Å². The number of aromatic nitrogens is 1. The average molecular weight is 445 g/mol. The second-order valence-corrected chi connectivity index (χ2v) is 8.38. The highest BCUT2D eigenvalue weighted by Gasteiger charge is 2.71. The molecule has 2 aromatic rings. The summed E-state index contributed by atoms with van der Waals surface area (Å²) in [6.45, 7) is 2.01. The lowest BCUT2D eigenvalue weighted by Gasteiger charge is -2.34. The van der Waals surface area contributed by atoms with Crippen LogP contribution in [-0.4, -0.2) is 42.1 Å². The zero-order valence-electron chi connectivity index (χ0n) is 15.9. The number of amides is 6. The average Bonchev–Trinajstić information content (AvgIpc) is 2.93. The predicted octanol–water partition coefficient (Wildman–Crippen LogP) is 0.358. The van der Waals surface area contributed by atoms with Crippen molar-refractivity contribution in [1.29, 1.82) is 0 Å². The number of rotatable bonds is 4. The second-order valence-electron chi connectivity index (χ2n) is 6.58. The highest BCUT2D eigenvalue weighted by Crippen LogP contribution is 2.36. The van der Waals surface area contributed by atoms with E-state index in [1.165, 1.54) is 12.1 Å². The molecular formula is C18H15N5O7S. The first kappa shape index (κ1) is 20.3. The van der Waals surface area contributed by atoms with Crippen molar-refractivity contribution >= 4 is 39.6 Å². The number of carbonyl (C=O) groups excluding carboxylic acids is 4. The van der Waals surface area contributed by atoms with Crippen LogP contribution < -0.4 is 25.0 Å². The third kappa shape index (κ3) is 3.06. The van der Waals surface area contributed by atoms with Crippen molar-refractivity contribution in [2.24, 2.45) is 0 Å². The van der Waals surface area contributed by atoms with Gasteiger partial charge < -0.3 is 4.74 Å². The first-order valence-corrected chi connectivity index (χ1v) is 10.4. The SMILES string of the molecule is CCc1ccc(Oc2ccc(N3C(=O)NS(=O)(=O)C34C(=O)NC(=O)NC4=O)cn2)cc1. The van der Waals surface area contributed by atoms with Gasteiger partial charge in [-0.2, -0.15) is 0 Å². The zero-order valence-corrected chi connectivity index (χ0v) is 16.7. The number of urea groups is 2. The molecule has 31 heavy (non-hydrogen) atoms. The highest BCUT2D eigenvalue weighted by molar-refractivity contribution is 7.94. The molecule has 2 saturated heterocycles. The van der Waals surface area contributed by atoms with Crippen molar-refractivity contribution in [2.45, 2.75) is 18.2 Å². The summed E-state index contributed by atoms with van der Waals surface area (Å²) < 4.78 is 32.4. The lowest BCUT2D eigenvalue weighted by Crippen LogP contribution is -2.74. The molecule has 0 saturated carbocycles. The van der Waals surface area contributed by atoms with E-state index in [-0.39, 0.29) is 11.6 Å². The molecule has 6 amide bonds. The molecule has 13 heteroatoms. The largest absolute Gasteiger partial charge is 0.439 e. The van der Waals surface area contributed by atoms with Gasteiger partial charge in [-0.3, -0.25) is 25.1 Å². The predicted molar refractivity (Wildman–Crippen MR) is 104 cm³/mol. The monoisotopic (exact) mass is 445 g/mol. The molecule has 2 aliphatic heterocycles. The van der Waals surface area contributed by atoms with Crippen molar-refractivity contribution in [3.63, 3.8) is 0 Å². The molecule has 4 rings (SSSR count). The maximum absolute atomic E-state index is 12.6. The standard InChI is InChI=1S/C18H15N5O7S/c1-2-10-3-6-12(7-4-10)30-13-8-5-11(9-19-13)23-17(27)22-31(28,29)18(23)14(24)20-16(26)21-15(18)25/h3-9H,2H2,1H3,(H,22,27)(H2,20,21,24,25,26). The molecule has 0 atom stereocenters. The Kier molecular flexibility index (Phi) is 4.61. The molecule has 1 spiro atoms. The summed E-state index contributed by atoms with van der Waals surface area (Å²) in [5, 5.41) is 3.41. The molecule has 160 valence electrons. The van der Waals surface area contributed by atoms with Crippen LogP contribution in [-0.2, 0) is 26.0 Å². The number of imide groups is 2. The number of barbiturate groups is 1. The summed E-state index contributed by atoms with van der Waals surface area (Å²) >= 11 is 0. The molecule has 0 bridgehead atoms. The molecule has 0 aliphatic carbocycles. The molecule has 3 N–H and O–H groups in total. The van der Waals surface area contributed by atoms with Crippen LogP contribution in [0.5, 0.6) is 11.6 Å². The van der Waals surface area contributed by atoms with Crippen LogP contribution in [0.25, 0.3) is 0 Å². The molecular weight excluding hydrogens is 430 g/mol. The van der Waals surface area contributed by atoms with Gasteiger partial charge in [0.05, 0.1) is 11.9 Å². The molecule has 0 unspecified atom stereocenters. The minimum absolute atomic E-state index is 0.122. The number of ether oxygens (including phenoxy) is 1. The molecule has 1 aromatic heterocycles. The van der Waals surface area contributed by atoms with E-state index >= 15 is 0 Å². The normalized spacial score (nSPS) is 19.1. The number of nitrogens with zero attached hydrogens (tertiary/aromatic N) is 2. The van der Waals surface area contributed by atoms with E-state index in [0.29, 0.717) is 10.6 Å². The van der Waals surface area contributed by atoms with Gasteiger partial charge in [0.1, 0.15) is 5.75 Å². The second kappa shape index (κ2) is 7.05. The molecule has 2 aliphatic rings. The Bertz CT molecular complexity index is 1190. The van der Waals surface area contributed by atoms with Crippen molar-refractivity contribution in [3.05, 3.63) is 48.2 Å². The van der Waals surface area contributed by atoms with Crippen molar-refractivity contribution in [3.8, 4) is 11.6 Å².